The van der Waals surface area contributed by atoms with Gasteiger partial charge in [0.25, 0.3) is 0 Å². The minimum atomic E-state index is -0.206. The molecule has 0 saturated heterocycles. The van der Waals surface area contributed by atoms with Crippen molar-refractivity contribution in [2.24, 2.45) is 5.73 Å². The second-order valence-electron chi connectivity index (χ2n) is 4.19. The zero-order valence-electron chi connectivity index (χ0n) is 9.91. The van der Waals surface area contributed by atoms with E-state index in [1.165, 1.54) is 23.3 Å². The Morgan fingerprint density at radius 3 is 2.29 bits per heavy atom. The van der Waals surface area contributed by atoms with Crippen LogP contribution in [0.5, 0.6) is 0 Å². The van der Waals surface area contributed by atoms with E-state index in [0.717, 1.165) is 17.5 Å². The van der Waals surface area contributed by atoms with Crippen LogP contribution in [0.15, 0.2) is 42.5 Å². The number of benzene rings is 2. The Hall–Kier alpha value is -1.67. The zero-order valence-corrected chi connectivity index (χ0v) is 9.91. The van der Waals surface area contributed by atoms with Gasteiger partial charge in [0.15, 0.2) is 0 Å². The summed E-state index contributed by atoms with van der Waals surface area (Å²) in [5.41, 5.74) is 10.2. The first-order valence-electron chi connectivity index (χ1n) is 5.76. The summed E-state index contributed by atoms with van der Waals surface area (Å²) in [6, 6.07) is 12.8. The van der Waals surface area contributed by atoms with E-state index in [0.29, 0.717) is 6.54 Å². The summed E-state index contributed by atoms with van der Waals surface area (Å²) < 4.78 is 12.9. The van der Waals surface area contributed by atoms with Crippen LogP contribution in [-0.2, 0) is 6.42 Å². The highest BCUT2D eigenvalue weighted by atomic mass is 19.1. The van der Waals surface area contributed by atoms with Crippen molar-refractivity contribution in [1.82, 2.24) is 0 Å². The van der Waals surface area contributed by atoms with Gasteiger partial charge in [0.2, 0.25) is 0 Å². The van der Waals surface area contributed by atoms with Gasteiger partial charge in [-0.2, -0.15) is 0 Å². The Kier molecular flexibility index (Phi) is 3.55. The predicted octanol–water partition coefficient (Wildman–Crippen LogP) is 3.30. The largest absolute Gasteiger partial charge is 0.330 e. The SMILES string of the molecule is Cc1ccc(-c2ccc(F)cc2)cc1CCN. The molecule has 0 bridgehead atoms. The van der Waals surface area contributed by atoms with E-state index in [2.05, 4.69) is 25.1 Å². The molecule has 0 aliphatic heterocycles. The van der Waals surface area contributed by atoms with Gasteiger partial charge < -0.3 is 5.73 Å². The lowest BCUT2D eigenvalue weighted by Gasteiger charge is -2.08. The Morgan fingerprint density at radius 1 is 1.00 bits per heavy atom. The Morgan fingerprint density at radius 2 is 1.65 bits per heavy atom. The van der Waals surface area contributed by atoms with Crippen LogP contribution in [-0.4, -0.2) is 6.54 Å². The number of hydrogen-bond acceptors (Lipinski definition) is 1. The van der Waals surface area contributed by atoms with Gasteiger partial charge in [-0.05, 0) is 54.3 Å². The van der Waals surface area contributed by atoms with Crippen molar-refractivity contribution in [3.8, 4) is 11.1 Å². The van der Waals surface area contributed by atoms with Gasteiger partial charge in [0.05, 0.1) is 0 Å². The maximum atomic E-state index is 12.9. The van der Waals surface area contributed by atoms with Crippen LogP contribution < -0.4 is 5.73 Å². The molecule has 0 aliphatic rings. The van der Waals surface area contributed by atoms with Crippen LogP contribution in [0.2, 0.25) is 0 Å². The van der Waals surface area contributed by atoms with Crippen LogP contribution in [0.1, 0.15) is 11.1 Å². The molecule has 0 unspecified atom stereocenters. The van der Waals surface area contributed by atoms with Crippen molar-refractivity contribution in [1.29, 1.82) is 0 Å². The second kappa shape index (κ2) is 5.11. The van der Waals surface area contributed by atoms with Gasteiger partial charge in [0, 0.05) is 0 Å². The van der Waals surface area contributed by atoms with Crippen molar-refractivity contribution < 1.29 is 4.39 Å². The number of halogens is 1. The molecule has 0 amide bonds. The van der Waals surface area contributed by atoms with Crippen LogP contribution >= 0.6 is 0 Å². The molecule has 2 heteroatoms. The molecular weight excluding hydrogens is 213 g/mol. The second-order valence-corrected chi connectivity index (χ2v) is 4.19. The summed E-state index contributed by atoms with van der Waals surface area (Å²) in [6.07, 6.45) is 0.876. The Balaban J connectivity index is 2.39. The maximum absolute atomic E-state index is 12.9. The summed E-state index contributed by atoms with van der Waals surface area (Å²) in [6.45, 7) is 2.73. The molecule has 17 heavy (non-hydrogen) atoms. The van der Waals surface area contributed by atoms with Gasteiger partial charge in [-0.3, -0.25) is 0 Å². The molecule has 2 aromatic carbocycles. The molecular formula is C15H16FN. The molecule has 0 heterocycles. The van der Waals surface area contributed by atoms with Gasteiger partial charge in [-0.15, -0.1) is 0 Å². The van der Waals surface area contributed by atoms with Crippen molar-refractivity contribution >= 4 is 0 Å². The average molecular weight is 229 g/mol. The minimum Gasteiger partial charge on any atom is -0.330 e. The van der Waals surface area contributed by atoms with Crippen LogP contribution in [0.3, 0.4) is 0 Å². The minimum absolute atomic E-state index is 0.206. The standard InChI is InChI=1S/C15H16FN/c1-11-2-3-14(10-13(11)8-9-17)12-4-6-15(16)7-5-12/h2-7,10H,8-9,17H2,1H3. The molecule has 0 aromatic heterocycles. The molecule has 0 aliphatic carbocycles. The van der Waals surface area contributed by atoms with Crippen molar-refractivity contribution in [2.75, 3.05) is 6.54 Å². The summed E-state index contributed by atoms with van der Waals surface area (Å²) in [4.78, 5) is 0. The van der Waals surface area contributed by atoms with Gasteiger partial charge in [-0.1, -0.05) is 30.3 Å². The van der Waals surface area contributed by atoms with Gasteiger partial charge in [-0.25, -0.2) is 4.39 Å². The summed E-state index contributed by atoms with van der Waals surface area (Å²) >= 11 is 0. The molecule has 2 rings (SSSR count). The fourth-order valence-electron chi connectivity index (χ4n) is 1.92. The van der Waals surface area contributed by atoms with E-state index < -0.39 is 0 Å². The maximum Gasteiger partial charge on any atom is 0.123 e. The third kappa shape index (κ3) is 2.71. The normalized spacial score (nSPS) is 10.5. The predicted molar refractivity (Wildman–Crippen MR) is 69.3 cm³/mol. The fraction of sp³-hybridized carbons (Fsp3) is 0.200. The molecule has 0 atom stereocenters. The lowest BCUT2D eigenvalue weighted by atomic mass is 9.98. The Labute approximate surface area is 101 Å². The molecule has 2 aromatic rings. The topological polar surface area (TPSA) is 26.0 Å². The smallest absolute Gasteiger partial charge is 0.123 e. The van der Waals surface area contributed by atoms with Crippen LogP contribution in [0.25, 0.3) is 11.1 Å². The monoisotopic (exact) mass is 229 g/mol. The van der Waals surface area contributed by atoms with E-state index in [1.807, 2.05) is 0 Å². The van der Waals surface area contributed by atoms with Crippen LogP contribution in [0.4, 0.5) is 4.39 Å². The first-order chi connectivity index (χ1) is 8.20. The van der Waals surface area contributed by atoms with E-state index in [1.54, 1.807) is 12.1 Å². The van der Waals surface area contributed by atoms with Gasteiger partial charge in [0.1, 0.15) is 5.82 Å². The first kappa shape index (κ1) is 11.8. The Bertz CT molecular complexity index is 503. The molecule has 0 spiro atoms. The molecule has 1 nitrogen and oxygen atoms in total. The lowest BCUT2D eigenvalue weighted by Crippen LogP contribution is -2.04. The summed E-state index contributed by atoms with van der Waals surface area (Å²) in [7, 11) is 0. The fourth-order valence-corrected chi connectivity index (χ4v) is 1.92. The first-order valence-corrected chi connectivity index (χ1v) is 5.76. The van der Waals surface area contributed by atoms with Crippen molar-refractivity contribution in [3.05, 3.63) is 59.4 Å². The molecule has 0 radical (unpaired) electrons. The average Bonchev–Trinajstić information content (AvgIpc) is 2.33. The highest BCUT2D eigenvalue weighted by Crippen LogP contribution is 2.22. The van der Waals surface area contributed by atoms with E-state index >= 15 is 0 Å². The number of hydrogen-bond donors (Lipinski definition) is 1. The molecule has 2 N–H and O–H groups in total. The molecule has 0 saturated carbocycles. The number of nitrogens with two attached hydrogens (primary N) is 1. The third-order valence-electron chi connectivity index (χ3n) is 2.94. The summed E-state index contributed by atoms with van der Waals surface area (Å²) in [5, 5.41) is 0. The number of rotatable bonds is 3. The quantitative estimate of drug-likeness (QED) is 0.858. The zero-order chi connectivity index (χ0) is 12.3. The highest BCUT2D eigenvalue weighted by Gasteiger charge is 2.02. The number of aryl methyl sites for hydroxylation is 1. The van der Waals surface area contributed by atoms with Crippen molar-refractivity contribution in [3.63, 3.8) is 0 Å². The highest BCUT2D eigenvalue weighted by molar-refractivity contribution is 5.64. The lowest BCUT2D eigenvalue weighted by molar-refractivity contribution is 0.628. The van der Waals surface area contributed by atoms with Crippen LogP contribution in [0, 0.1) is 12.7 Å². The summed E-state index contributed by atoms with van der Waals surface area (Å²) in [5.74, 6) is -0.206. The third-order valence-corrected chi connectivity index (χ3v) is 2.94. The van der Waals surface area contributed by atoms with E-state index in [9.17, 15) is 4.39 Å². The molecule has 0 fully saturated rings. The van der Waals surface area contributed by atoms with E-state index in [-0.39, 0.29) is 5.82 Å². The van der Waals surface area contributed by atoms with E-state index in [4.69, 9.17) is 5.73 Å². The van der Waals surface area contributed by atoms with Gasteiger partial charge >= 0.3 is 0 Å². The molecule has 88 valence electrons. The van der Waals surface area contributed by atoms with Crippen molar-refractivity contribution in [2.45, 2.75) is 13.3 Å².